The monoisotopic (exact) mass is 554 g/mol. The van der Waals surface area contributed by atoms with Gasteiger partial charge in [-0.25, -0.2) is 8.42 Å². The van der Waals surface area contributed by atoms with Crippen molar-refractivity contribution in [3.8, 4) is 0 Å². The summed E-state index contributed by atoms with van der Waals surface area (Å²) in [7, 11) is -4.03. The molecule has 0 aliphatic carbocycles. The van der Waals surface area contributed by atoms with E-state index < -0.39 is 22.5 Å². The van der Waals surface area contributed by atoms with Gasteiger partial charge in [-0.1, -0.05) is 93.1 Å². The van der Waals surface area contributed by atoms with Crippen LogP contribution >= 0.6 is 0 Å². The smallest absolute Gasteiger partial charge is 0.264 e. The minimum absolute atomic E-state index is 0.0230. The van der Waals surface area contributed by atoms with E-state index in [9.17, 15) is 18.0 Å². The Labute approximate surface area is 236 Å². The molecule has 0 radical (unpaired) electrons. The van der Waals surface area contributed by atoms with Crippen LogP contribution in [0.3, 0.4) is 0 Å². The van der Waals surface area contributed by atoms with Gasteiger partial charge in [0.15, 0.2) is 5.78 Å². The topological polar surface area (TPSA) is 83.6 Å². The zero-order chi connectivity index (χ0) is 29.1. The average molecular weight is 555 g/mol. The van der Waals surface area contributed by atoms with E-state index in [1.807, 2.05) is 50.2 Å². The molecule has 7 heteroatoms. The number of hydrogen-bond donors (Lipinski definition) is 1. The first-order valence-electron chi connectivity index (χ1n) is 13.1. The molecular weight excluding hydrogens is 520 g/mol. The summed E-state index contributed by atoms with van der Waals surface area (Å²) in [6, 6.07) is 27.6. The molecule has 4 rings (SSSR count). The van der Waals surface area contributed by atoms with Crippen LogP contribution in [0.5, 0.6) is 0 Å². The first-order chi connectivity index (χ1) is 18.9. The predicted molar refractivity (Wildman–Crippen MR) is 161 cm³/mol. The third-order valence-corrected chi connectivity index (χ3v) is 8.43. The van der Waals surface area contributed by atoms with Gasteiger partial charge < -0.3 is 5.32 Å². The van der Waals surface area contributed by atoms with Crippen LogP contribution in [-0.2, 0) is 20.2 Å². The van der Waals surface area contributed by atoms with Crippen molar-refractivity contribution in [2.45, 2.75) is 44.9 Å². The van der Waals surface area contributed by atoms with Crippen molar-refractivity contribution < 1.29 is 18.0 Å². The quantitative estimate of drug-likeness (QED) is 0.247. The number of rotatable bonds is 8. The lowest BCUT2D eigenvalue weighted by atomic mass is 9.86. The molecule has 0 heterocycles. The fraction of sp³-hybridized carbons (Fsp3) is 0.212. The maximum absolute atomic E-state index is 13.6. The molecule has 0 aliphatic rings. The van der Waals surface area contributed by atoms with Crippen LogP contribution in [0, 0.1) is 13.8 Å². The Kier molecular flexibility index (Phi) is 8.26. The zero-order valence-electron chi connectivity index (χ0n) is 23.4. The van der Waals surface area contributed by atoms with Crippen molar-refractivity contribution in [1.29, 1.82) is 0 Å². The Morgan fingerprint density at radius 3 is 2.08 bits per heavy atom. The van der Waals surface area contributed by atoms with Crippen LogP contribution in [0.2, 0.25) is 0 Å². The summed E-state index contributed by atoms with van der Waals surface area (Å²) >= 11 is 0. The SMILES string of the molecule is Cc1ccc(N(CC(=O)Nc2cccc(C(=O)c3ccc(C(C)(C)C)cc3)c2)S(=O)(=O)c2ccccc2)c(C)c1. The van der Waals surface area contributed by atoms with E-state index in [-0.39, 0.29) is 16.1 Å². The Morgan fingerprint density at radius 1 is 0.775 bits per heavy atom. The number of anilines is 2. The van der Waals surface area contributed by atoms with E-state index in [4.69, 9.17) is 0 Å². The highest BCUT2D eigenvalue weighted by Gasteiger charge is 2.28. The summed E-state index contributed by atoms with van der Waals surface area (Å²) in [5, 5.41) is 2.78. The molecule has 0 atom stereocenters. The number of nitrogens with zero attached hydrogens (tertiary/aromatic N) is 1. The van der Waals surface area contributed by atoms with Gasteiger partial charge in [0.25, 0.3) is 10.0 Å². The molecule has 206 valence electrons. The molecule has 6 nitrogen and oxygen atoms in total. The van der Waals surface area contributed by atoms with Gasteiger partial charge in [0, 0.05) is 16.8 Å². The van der Waals surface area contributed by atoms with Crippen molar-refractivity contribution in [3.63, 3.8) is 0 Å². The highest BCUT2D eigenvalue weighted by molar-refractivity contribution is 7.92. The van der Waals surface area contributed by atoms with Gasteiger partial charge in [-0.05, 0) is 60.7 Å². The van der Waals surface area contributed by atoms with Gasteiger partial charge in [0.1, 0.15) is 6.54 Å². The van der Waals surface area contributed by atoms with Crippen molar-refractivity contribution in [2.24, 2.45) is 0 Å². The summed E-state index contributed by atoms with van der Waals surface area (Å²) in [5.41, 5.74) is 4.62. The van der Waals surface area contributed by atoms with Gasteiger partial charge >= 0.3 is 0 Å². The van der Waals surface area contributed by atoms with Gasteiger partial charge in [0.05, 0.1) is 10.6 Å². The molecule has 1 N–H and O–H groups in total. The molecule has 0 fully saturated rings. The largest absolute Gasteiger partial charge is 0.324 e. The Hall–Kier alpha value is -4.23. The zero-order valence-corrected chi connectivity index (χ0v) is 24.2. The number of sulfonamides is 1. The van der Waals surface area contributed by atoms with Crippen LogP contribution in [0.4, 0.5) is 11.4 Å². The summed E-state index contributed by atoms with van der Waals surface area (Å²) in [6.07, 6.45) is 0. The molecule has 4 aromatic rings. The molecular formula is C33H34N2O4S. The molecule has 0 aliphatic heterocycles. The predicted octanol–water partition coefficient (Wildman–Crippen LogP) is 6.67. The van der Waals surface area contributed by atoms with Crippen molar-refractivity contribution in [2.75, 3.05) is 16.2 Å². The summed E-state index contributed by atoms with van der Waals surface area (Å²) in [5.74, 6) is -0.696. The number of amides is 1. The van der Waals surface area contributed by atoms with Crippen LogP contribution in [0.1, 0.15) is 53.4 Å². The second-order valence-corrected chi connectivity index (χ2v) is 12.8. The summed E-state index contributed by atoms with van der Waals surface area (Å²) in [4.78, 5) is 26.5. The second-order valence-electron chi connectivity index (χ2n) is 10.9. The number of nitrogens with one attached hydrogen (secondary N) is 1. The first-order valence-corrected chi connectivity index (χ1v) is 14.5. The molecule has 0 spiro atoms. The molecule has 0 saturated heterocycles. The minimum Gasteiger partial charge on any atom is -0.324 e. The highest BCUT2D eigenvalue weighted by Crippen LogP contribution is 2.28. The highest BCUT2D eigenvalue weighted by atomic mass is 32.2. The molecule has 40 heavy (non-hydrogen) atoms. The summed E-state index contributed by atoms with van der Waals surface area (Å²) in [6.45, 7) is 9.64. The normalized spacial score (nSPS) is 11.6. The lowest BCUT2D eigenvalue weighted by Crippen LogP contribution is -2.38. The summed E-state index contributed by atoms with van der Waals surface area (Å²) < 4.78 is 28.4. The number of ketones is 1. The number of carbonyl (C=O) groups excluding carboxylic acids is 2. The van der Waals surface area contributed by atoms with Crippen LogP contribution in [0.15, 0.2) is 102 Å². The van der Waals surface area contributed by atoms with Crippen LogP contribution in [0.25, 0.3) is 0 Å². The van der Waals surface area contributed by atoms with E-state index in [2.05, 4.69) is 26.1 Å². The van der Waals surface area contributed by atoms with Crippen LogP contribution < -0.4 is 9.62 Å². The van der Waals surface area contributed by atoms with E-state index in [0.717, 1.165) is 21.0 Å². The Morgan fingerprint density at radius 2 is 1.45 bits per heavy atom. The maximum Gasteiger partial charge on any atom is 0.264 e. The third kappa shape index (κ3) is 6.49. The first kappa shape index (κ1) is 28.8. The van der Waals surface area contributed by atoms with Crippen LogP contribution in [-0.4, -0.2) is 26.7 Å². The Bertz CT molecular complexity index is 1640. The standard InChI is InChI=1S/C33H34N2O4S/c1-23-14-19-30(24(2)20-23)35(40(38,39)29-12-7-6-8-13-29)22-31(36)34-28-11-9-10-26(21-28)32(37)25-15-17-27(18-16-25)33(3,4)5/h6-21H,22H2,1-5H3,(H,34,36). The third-order valence-electron chi connectivity index (χ3n) is 6.66. The number of benzene rings is 4. The molecule has 0 saturated carbocycles. The number of carbonyl (C=O) groups is 2. The van der Waals surface area contributed by atoms with E-state index >= 15 is 0 Å². The van der Waals surface area contributed by atoms with Gasteiger partial charge in [-0.15, -0.1) is 0 Å². The molecule has 0 aromatic heterocycles. The fourth-order valence-corrected chi connectivity index (χ4v) is 5.97. The number of aryl methyl sites for hydroxylation is 2. The lowest BCUT2D eigenvalue weighted by Gasteiger charge is -2.26. The lowest BCUT2D eigenvalue weighted by molar-refractivity contribution is -0.114. The maximum atomic E-state index is 13.6. The average Bonchev–Trinajstić information content (AvgIpc) is 2.92. The van der Waals surface area contributed by atoms with Crippen molar-refractivity contribution in [1.82, 2.24) is 0 Å². The molecule has 0 bridgehead atoms. The van der Waals surface area contributed by atoms with Gasteiger partial charge in [-0.2, -0.15) is 0 Å². The molecule has 1 amide bonds. The fourth-order valence-electron chi connectivity index (χ4n) is 4.46. The van der Waals surface area contributed by atoms with Gasteiger partial charge in [-0.3, -0.25) is 13.9 Å². The van der Waals surface area contributed by atoms with Gasteiger partial charge in [0.2, 0.25) is 5.91 Å². The van der Waals surface area contributed by atoms with Crippen molar-refractivity contribution >= 4 is 33.1 Å². The Balaban J connectivity index is 1.58. The van der Waals surface area contributed by atoms with E-state index in [1.165, 1.54) is 12.1 Å². The molecule has 4 aromatic carbocycles. The minimum atomic E-state index is -4.03. The second kappa shape index (κ2) is 11.5. The van der Waals surface area contributed by atoms with Crippen molar-refractivity contribution in [3.05, 3.63) is 125 Å². The van der Waals surface area contributed by atoms with E-state index in [0.29, 0.717) is 22.5 Å². The molecule has 0 unspecified atom stereocenters. The van der Waals surface area contributed by atoms with E-state index in [1.54, 1.807) is 48.5 Å². The number of hydrogen-bond acceptors (Lipinski definition) is 4.